The molecule has 0 atom stereocenters. The van der Waals surface area contributed by atoms with Crippen LogP contribution >= 0.6 is 11.6 Å². The van der Waals surface area contributed by atoms with Crippen LogP contribution in [0.5, 0.6) is 0 Å². The van der Waals surface area contributed by atoms with Crippen LogP contribution in [0, 0.1) is 5.82 Å². The monoisotopic (exact) mass is 380 g/mol. The van der Waals surface area contributed by atoms with Crippen molar-refractivity contribution in [2.45, 2.75) is 39.2 Å². The zero-order chi connectivity index (χ0) is 19.0. The van der Waals surface area contributed by atoms with Gasteiger partial charge in [0.25, 0.3) is 11.8 Å². The molecule has 0 bridgehead atoms. The zero-order valence-corrected chi connectivity index (χ0v) is 15.2. The molecule has 0 fully saturated rings. The van der Waals surface area contributed by atoms with Gasteiger partial charge in [-0.3, -0.25) is 19.2 Å². The second-order valence-electron chi connectivity index (χ2n) is 6.24. The van der Waals surface area contributed by atoms with Crippen LogP contribution in [0.3, 0.4) is 0 Å². The minimum absolute atomic E-state index is 0.0404. The Labute approximate surface area is 155 Å². The fourth-order valence-electron chi connectivity index (χ4n) is 3.29. The molecule has 1 aromatic rings. The number of rotatable bonds is 4. The van der Waals surface area contributed by atoms with Crippen LogP contribution in [0.15, 0.2) is 23.3 Å². The maximum absolute atomic E-state index is 14.5. The van der Waals surface area contributed by atoms with Gasteiger partial charge in [-0.15, -0.1) is 0 Å². The summed E-state index contributed by atoms with van der Waals surface area (Å²) in [5.41, 5.74) is 1.15. The highest BCUT2D eigenvalue weighted by Gasteiger charge is 2.41. The topological polar surface area (TPSA) is 66.9 Å². The van der Waals surface area contributed by atoms with E-state index in [-0.39, 0.29) is 23.2 Å². The number of carbonyl (C=O) groups is 3. The highest BCUT2D eigenvalue weighted by atomic mass is 35.5. The molecule has 6 nitrogen and oxygen atoms in total. The molecule has 3 rings (SSSR count). The van der Waals surface area contributed by atoms with Gasteiger partial charge < -0.3 is 0 Å². The van der Waals surface area contributed by atoms with Crippen LogP contribution in [0.4, 0.5) is 10.1 Å². The second-order valence-corrected chi connectivity index (χ2v) is 6.65. The normalized spacial score (nSPS) is 17.0. The van der Waals surface area contributed by atoms with Crippen molar-refractivity contribution in [2.75, 3.05) is 12.0 Å². The van der Waals surface area contributed by atoms with Crippen molar-refractivity contribution in [3.8, 4) is 0 Å². The molecule has 0 N–H and O–H groups in total. The lowest BCUT2D eigenvalue weighted by molar-refractivity contribution is -0.176. The first-order valence-electron chi connectivity index (χ1n) is 8.26. The number of anilines is 1. The number of amides is 3. The van der Waals surface area contributed by atoms with E-state index >= 15 is 0 Å². The molecule has 0 spiro atoms. The number of hydrogen-bond acceptors (Lipinski definition) is 4. The molecule has 0 saturated heterocycles. The van der Waals surface area contributed by atoms with Gasteiger partial charge in [0.15, 0.2) is 0 Å². The summed E-state index contributed by atoms with van der Waals surface area (Å²) >= 11 is 6.08. The van der Waals surface area contributed by atoms with Gasteiger partial charge in [-0.2, -0.15) is 0 Å². The summed E-state index contributed by atoms with van der Waals surface area (Å²) < 4.78 is 14.5. The van der Waals surface area contributed by atoms with Gasteiger partial charge in [-0.05, 0) is 43.4 Å². The molecule has 0 saturated carbocycles. The van der Waals surface area contributed by atoms with E-state index in [0.717, 1.165) is 28.9 Å². The average molecular weight is 381 g/mol. The van der Waals surface area contributed by atoms with Crippen molar-refractivity contribution in [3.05, 3.63) is 39.7 Å². The molecule has 0 radical (unpaired) electrons. The quantitative estimate of drug-likeness (QED) is 0.594. The van der Waals surface area contributed by atoms with E-state index in [2.05, 4.69) is 0 Å². The summed E-state index contributed by atoms with van der Waals surface area (Å²) in [5.74, 6) is -2.09. The minimum atomic E-state index is -0.771. The molecule has 1 aliphatic carbocycles. The Morgan fingerprint density at radius 3 is 2.31 bits per heavy atom. The average Bonchev–Trinajstić information content (AvgIpc) is 2.86. The van der Waals surface area contributed by atoms with Crippen LogP contribution in [-0.2, 0) is 25.8 Å². The van der Waals surface area contributed by atoms with Gasteiger partial charge in [0.1, 0.15) is 5.82 Å². The lowest BCUT2D eigenvalue weighted by Gasteiger charge is -2.21. The van der Waals surface area contributed by atoms with Crippen LogP contribution in [-0.4, -0.2) is 29.9 Å². The first-order chi connectivity index (χ1) is 12.3. The standard InChI is InChI=1S/C18H18ClFN2O4/c1-10(23)21(26-2)9-11-7-16(15(20)8-14(11)19)22-17(24)12-5-3-4-6-13(12)18(22)25/h7-8H,3-6,9H2,1-2H3. The van der Waals surface area contributed by atoms with Crippen LogP contribution in [0.2, 0.25) is 5.02 Å². The van der Waals surface area contributed by atoms with E-state index in [1.165, 1.54) is 20.1 Å². The van der Waals surface area contributed by atoms with Crippen molar-refractivity contribution < 1.29 is 23.6 Å². The van der Waals surface area contributed by atoms with E-state index in [0.29, 0.717) is 29.6 Å². The number of nitrogens with zero attached hydrogens (tertiary/aromatic N) is 2. The number of carbonyl (C=O) groups excluding carboxylic acids is 3. The van der Waals surface area contributed by atoms with Crippen molar-refractivity contribution in [3.63, 3.8) is 0 Å². The second kappa shape index (κ2) is 7.17. The smallest absolute Gasteiger partial charge is 0.261 e. The molecular formula is C18H18ClFN2O4. The van der Waals surface area contributed by atoms with E-state index in [9.17, 15) is 18.8 Å². The van der Waals surface area contributed by atoms with Crippen molar-refractivity contribution >= 4 is 35.0 Å². The molecule has 138 valence electrons. The first kappa shape index (κ1) is 18.5. The lowest BCUT2D eigenvalue weighted by atomic mass is 9.93. The van der Waals surface area contributed by atoms with Gasteiger partial charge in [0, 0.05) is 23.1 Å². The molecule has 1 aromatic carbocycles. The Kier molecular flexibility index (Phi) is 5.11. The number of benzene rings is 1. The van der Waals surface area contributed by atoms with Crippen LogP contribution in [0.1, 0.15) is 38.2 Å². The molecular weight excluding hydrogens is 363 g/mol. The molecule has 8 heteroatoms. The molecule has 0 aromatic heterocycles. The summed E-state index contributed by atoms with van der Waals surface area (Å²) in [6, 6.07) is 2.36. The SMILES string of the molecule is CON(Cc1cc(N2C(=O)C3=C(CCCC3)C2=O)c(F)cc1Cl)C(C)=O. The van der Waals surface area contributed by atoms with E-state index < -0.39 is 17.6 Å². The summed E-state index contributed by atoms with van der Waals surface area (Å²) in [6.45, 7) is 1.27. The maximum atomic E-state index is 14.5. The van der Waals surface area contributed by atoms with Crippen molar-refractivity contribution in [1.29, 1.82) is 0 Å². The summed E-state index contributed by atoms with van der Waals surface area (Å²) in [4.78, 5) is 42.7. The highest BCUT2D eigenvalue weighted by molar-refractivity contribution is 6.34. The molecule has 26 heavy (non-hydrogen) atoms. The fraction of sp³-hybridized carbons (Fsp3) is 0.389. The number of halogens is 2. The predicted molar refractivity (Wildman–Crippen MR) is 92.6 cm³/mol. The van der Waals surface area contributed by atoms with E-state index in [1.807, 2.05) is 0 Å². The maximum Gasteiger partial charge on any atom is 0.261 e. The molecule has 1 heterocycles. The van der Waals surface area contributed by atoms with Gasteiger partial charge in [-0.25, -0.2) is 14.4 Å². The van der Waals surface area contributed by atoms with Crippen molar-refractivity contribution in [1.82, 2.24) is 5.06 Å². The number of imide groups is 1. The van der Waals surface area contributed by atoms with Gasteiger partial charge >= 0.3 is 0 Å². The largest absolute Gasteiger partial charge is 0.274 e. The van der Waals surface area contributed by atoms with Gasteiger partial charge in [0.2, 0.25) is 5.91 Å². The molecule has 3 amide bonds. The first-order valence-corrected chi connectivity index (χ1v) is 8.64. The third kappa shape index (κ3) is 3.12. The Morgan fingerprint density at radius 2 is 1.81 bits per heavy atom. The Hall–Kier alpha value is -2.25. The lowest BCUT2D eigenvalue weighted by Crippen LogP contribution is -2.33. The Morgan fingerprint density at radius 1 is 1.23 bits per heavy atom. The third-order valence-corrected chi connectivity index (χ3v) is 4.98. The summed E-state index contributed by atoms with van der Waals surface area (Å²) in [5, 5.41) is 1.12. The van der Waals surface area contributed by atoms with E-state index in [4.69, 9.17) is 16.4 Å². The Bertz CT molecular complexity index is 809. The summed E-state index contributed by atoms with van der Waals surface area (Å²) in [6.07, 6.45) is 2.73. The van der Waals surface area contributed by atoms with Crippen molar-refractivity contribution in [2.24, 2.45) is 0 Å². The molecule has 1 aliphatic heterocycles. The highest BCUT2D eigenvalue weighted by Crippen LogP contribution is 2.38. The third-order valence-electron chi connectivity index (χ3n) is 4.63. The number of hydroxylamine groups is 2. The van der Waals surface area contributed by atoms with Crippen LogP contribution < -0.4 is 4.90 Å². The Balaban J connectivity index is 1.98. The number of hydrogen-bond donors (Lipinski definition) is 0. The zero-order valence-electron chi connectivity index (χ0n) is 14.5. The molecule has 0 unspecified atom stereocenters. The van der Waals surface area contributed by atoms with Gasteiger partial charge in [0.05, 0.1) is 19.3 Å². The predicted octanol–water partition coefficient (Wildman–Crippen LogP) is 3.13. The minimum Gasteiger partial charge on any atom is -0.274 e. The fourth-order valence-corrected chi connectivity index (χ4v) is 3.50. The van der Waals surface area contributed by atoms with Gasteiger partial charge in [-0.1, -0.05) is 11.6 Å². The summed E-state index contributed by atoms with van der Waals surface area (Å²) in [7, 11) is 1.32. The van der Waals surface area contributed by atoms with Crippen LogP contribution in [0.25, 0.3) is 0 Å². The molecule has 2 aliphatic rings. The van der Waals surface area contributed by atoms with E-state index in [1.54, 1.807) is 0 Å².